The third kappa shape index (κ3) is 6.25. The molecule has 5 rings (SSSR count). The summed E-state index contributed by atoms with van der Waals surface area (Å²) in [5, 5.41) is 16.8. The van der Waals surface area contributed by atoms with Crippen LogP contribution < -0.4 is 25.0 Å². The number of aryl methyl sites for hydroxylation is 1. The summed E-state index contributed by atoms with van der Waals surface area (Å²) in [6.07, 6.45) is 0. The number of non-ortho nitro benzene ring substituents is 1. The van der Waals surface area contributed by atoms with E-state index in [1.165, 1.54) is 31.4 Å². The monoisotopic (exact) mass is 610 g/mol. The van der Waals surface area contributed by atoms with Crippen molar-refractivity contribution >= 4 is 52.2 Å². The van der Waals surface area contributed by atoms with Crippen molar-refractivity contribution in [2.45, 2.75) is 11.8 Å². The maximum atomic E-state index is 13.9. The molecule has 2 N–H and O–H groups in total. The summed E-state index contributed by atoms with van der Waals surface area (Å²) < 4.78 is 10.7. The molecule has 0 fully saturated rings. The first-order valence-corrected chi connectivity index (χ1v) is 14.0. The van der Waals surface area contributed by atoms with Gasteiger partial charge >= 0.3 is 0 Å². The van der Waals surface area contributed by atoms with Gasteiger partial charge in [-0.05, 0) is 79.2 Å². The summed E-state index contributed by atoms with van der Waals surface area (Å²) in [6, 6.07) is 24.2. The van der Waals surface area contributed by atoms with E-state index >= 15 is 0 Å². The van der Waals surface area contributed by atoms with Crippen molar-refractivity contribution in [1.82, 2.24) is 0 Å². The Labute approximate surface area is 256 Å². The van der Waals surface area contributed by atoms with E-state index in [-0.39, 0.29) is 21.9 Å². The first-order chi connectivity index (χ1) is 21.2. The highest BCUT2D eigenvalue weighted by molar-refractivity contribution is 8.04. The van der Waals surface area contributed by atoms with Gasteiger partial charge in [0.05, 0.1) is 24.8 Å². The van der Waals surface area contributed by atoms with E-state index in [1.807, 2.05) is 13.0 Å². The van der Waals surface area contributed by atoms with Gasteiger partial charge in [0.15, 0.2) is 0 Å². The van der Waals surface area contributed by atoms with Crippen molar-refractivity contribution in [3.63, 3.8) is 0 Å². The van der Waals surface area contributed by atoms with E-state index in [0.29, 0.717) is 33.5 Å². The number of thioether (sulfide) groups is 1. The molecule has 12 heteroatoms. The van der Waals surface area contributed by atoms with Crippen molar-refractivity contribution in [2.24, 2.45) is 0 Å². The third-order valence-electron chi connectivity index (χ3n) is 6.63. The Hall–Kier alpha value is -5.62. The van der Waals surface area contributed by atoms with E-state index in [9.17, 15) is 24.5 Å². The fraction of sp³-hybridized carbons (Fsp3) is 0.0938. The van der Waals surface area contributed by atoms with Crippen LogP contribution in [-0.2, 0) is 9.59 Å². The SMILES string of the molecule is COc1ccc(NC2=C(Sc3cccc(NC(=O)c4ccc([N+](=O)[O-])cc4)c3)C(=O)N(c3cc(C)ccc3OC)C2=O)cc1. The Morgan fingerprint density at radius 3 is 2.25 bits per heavy atom. The van der Waals surface area contributed by atoms with Crippen molar-refractivity contribution in [3.05, 3.63) is 123 Å². The number of anilines is 3. The molecule has 222 valence electrons. The number of carbonyl (C=O) groups excluding carboxylic acids is 3. The zero-order chi connectivity index (χ0) is 31.4. The maximum absolute atomic E-state index is 13.9. The number of amides is 3. The number of rotatable bonds is 10. The lowest BCUT2D eigenvalue weighted by molar-refractivity contribution is -0.384. The van der Waals surface area contributed by atoms with Gasteiger partial charge < -0.3 is 20.1 Å². The van der Waals surface area contributed by atoms with Gasteiger partial charge in [-0.3, -0.25) is 24.5 Å². The van der Waals surface area contributed by atoms with Crippen LogP contribution in [0.2, 0.25) is 0 Å². The molecule has 0 bridgehead atoms. The number of imide groups is 1. The van der Waals surface area contributed by atoms with Gasteiger partial charge in [-0.2, -0.15) is 0 Å². The molecule has 1 aliphatic heterocycles. The van der Waals surface area contributed by atoms with Gasteiger partial charge in [-0.1, -0.05) is 23.9 Å². The van der Waals surface area contributed by atoms with E-state index in [4.69, 9.17) is 9.47 Å². The molecular formula is C32H26N4O7S. The molecule has 4 aromatic rings. The van der Waals surface area contributed by atoms with Crippen LogP contribution >= 0.6 is 11.8 Å². The molecule has 0 saturated carbocycles. The van der Waals surface area contributed by atoms with E-state index < -0.39 is 22.6 Å². The maximum Gasteiger partial charge on any atom is 0.283 e. The summed E-state index contributed by atoms with van der Waals surface area (Å²) in [5.41, 5.74) is 2.34. The van der Waals surface area contributed by atoms with Crippen LogP contribution in [0.3, 0.4) is 0 Å². The Morgan fingerprint density at radius 2 is 1.59 bits per heavy atom. The molecule has 1 aliphatic rings. The molecular weight excluding hydrogens is 584 g/mol. The molecule has 4 aromatic carbocycles. The number of benzene rings is 4. The molecule has 0 spiro atoms. The normalized spacial score (nSPS) is 12.8. The fourth-order valence-electron chi connectivity index (χ4n) is 4.42. The summed E-state index contributed by atoms with van der Waals surface area (Å²) in [6.45, 7) is 1.85. The molecule has 0 atom stereocenters. The summed E-state index contributed by atoms with van der Waals surface area (Å²) in [7, 11) is 3.02. The van der Waals surface area contributed by atoms with Gasteiger partial charge in [0.25, 0.3) is 23.4 Å². The summed E-state index contributed by atoms with van der Waals surface area (Å²) in [5.74, 6) is -0.567. The third-order valence-corrected chi connectivity index (χ3v) is 7.70. The standard InChI is InChI=1S/C32H26N4O7S/c1-19-7-16-27(43-3)26(17-19)35-31(38)28(33-21-10-14-24(42-2)15-11-21)29(32(35)39)44-25-6-4-5-22(18-25)34-30(37)20-8-12-23(13-9-20)36(40)41/h4-18,33H,1-3H3,(H,34,37). The average Bonchev–Trinajstić information content (AvgIpc) is 3.25. The second-order valence-electron chi connectivity index (χ2n) is 9.57. The van der Waals surface area contributed by atoms with Gasteiger partial charge in [0.2, 0.25) is 0 Å². The Kier molecular flexibility index (Phi) is 8.63. The van der Waals surface area contributed by atoms with Crippen molar-refractivity contribution in [2.75, 3.05) is 29.8 Å². The first kappa shape index (κ1) is 29.9. The largest absolute Gasteiger partial charge is 0.497 e. The Bertz CT molecular complexity index is 1800. The molecule has 3 amide bonds. The van der Waals surface area contributed by atoms with Crippen LogP contribution in [0.5, 0.6) is 11.5 Å². The highest BCUT2D eigenvalue weighted by Gasteiger charge is 2.41. The number of nitro groups is 1. The zero-order valence-electron chi connectivity index (χ0n) is 23.8. The number of methoxy groups -OCH3 is 2. The minimum Gasteiger partial charge on any atom is -0.497 e. The Morgan fingerprint density at radius 1 is 0.864 bits per heavy atom. The molecule has 44 heavy (non-hydrogen) atoms. The molecule has 0 aliphatic carbocycles. The van der Waals surface area contributed by atoms with Crippen LogP contribution in [0.1, 0.15) is 15.9 Å². The smallest absolute Gasteiger partial charge is 0.283 e. The van der Waals surface area contributed by atoms with Crippen molar-refractivity contribution in [3.8, 4) is 11.5 Å². The lowest BCUT2D eigenvalue weighted by atomic mass is 10.2. The molecule has 0 aromatic heterocycles. The lowest BCUT2D eigenvalue weighted by Crippen LogP contribution is -2.32. The van der Waals surface area contributed by atoms with Crippen LogP contribution in [0.25, 0.3) is 0 Å². The Balaban J connectivity index is 1.46. The van der Waals surface area contributed by atoms with Crippen LogP contribution in [0.4, 0.5) is 22.7 Å². The number of hydrogen-bond donors (Lipinski definition) is 2. The number of nitrogens with one attached hydrogen (secondary N) is 2. The molecule has 0 unspecified atom stereocenters. The van der Waals surface area contributed by atoms with Gasteiger partial charge in [-0.15, -0.1) is 0 Å². The quantitative estimate of drug-likeness (QED) is 0.123. The van der Waals surface area contributed by atoms with Crippen LogP contribution in [0, 0.1) is 17.0 Å². The van der Waals surface area contributed by atoms with Crippen molar-refractivity contribution in [1.29, 1.82) is 0 Å². The molecule has 0 radical (unpaired) electrons. The summed E-state index contributed by atoms with van der Waals surface area (Å²) >= 11 is 1.07. The predicted molar refractivity (Wildman–Crippen MR) is 167 cm³/mol. The zero-order valence-corrected chi connectivity index (χ0v) is 24.6. The second kappa shape index (κ2) is 12.7. The van der Waals surface area contributed by atoms with E-state index in [1.54, 1.807) is 67.8 Å². The number of hydrogen-bond acceptors (Lipinski definition) is 9. The average molecular weight is 611 g/mol. The second-order valence-corrected chi connectivity index (χ2v) is 10.7. The number of nitro benzene ring substituents is 1. The molecule has 0 saturated heterocycles. The molecule has 1 heterocycles. The minimum absolute atomic E-state index is 0.0778. The first-order valence-electron chi connectivity index (χ1n) is 13.2. The number of nitrogens with zero attached hydrogens (tertiary/aromatic N) is 2. The summed E-state index contributed by atoms with van der Waals surface area (Å²) in [4.78, 5) is 52.8. The highest BCUT2D eigenvalue weighted by atomic mass is 32.2. The van der Waals surface area contributed by atoms with Crippen molar-refractivity contribution < 1.29 is 28.8 Å². The fourth-order valence-corrected chi connectivity index (χ4v) is 5.41. The predicted octanol–water partition coefficient (Wildman–Crippen LogP) is 6.16. The van der Waals surface area contributed by atoms with Crippen LogP contribution in [0.15, 0.2) is 106 Å². The van der Waals surface area contributed by atoms with E-state index in [2.05, 4.69) is 10.6 Å². The van der Waals surface area contributed by atoms with Crippen LogP contribution in [-0.4, -0.2) is 36.9 Å². The van der Waals surface area contributed by atoms with Gasteiger partial charge in [0, 0.05) is 34.0 Å². The molecule has 11 nitrogen and oxygen atoms in total. The van der Waals surface area contributed by atoms with Gasteiger partial charge in [-0.25, -0.2) is 4.90 Å². The number of carbonyl (C=O) groups is 3. The lowest BCUT2D eigenvalue weighted by Gasteiger charge is -2.19. The topological polar surface area (TPSA) is 140 Å². The highest BCUT2D eigenvalue weighted by Crippen LogP contribution is 2.41. The van der Waals surface area contributed by atoms with Gasteiger partial charge in [0.1, 0.15) is 22.1 Å². The van der Waals surface area contributed by atoms with E-state index in [0.717, 1.165) is 22.2 Å². The minimum atomic E-state index is -0.556. The number of ether oxygens (including phenoxy) is 2.